The summed E-state index contributed by atoms with van der Waals surface area (Å²) in [6, 6.07) is 0.753. The van der Waals surface area contributed by atoms with Gasteiger partial charge in [-0.25, -0.2) is 0 Å². The molecule has 2 aliphatic rings. The molecule has 2 rings (SSSR count). The molecule has 0 radical (unpaired) electrons. The lowest BCUT2D eigenvalue weighted by Crippen LogP contribution is -2.43. The smallest absolute Gasteiger partial charge is 0.0220 e. The van der Waals surface area contributed by atoms with Crippen molar-refractivity contribution in [2.75, 3.05) is 26.7 Å². The van der Waals surface area contributed by atoms with Gasteiger partial charge in [-0.1, -0.05) is 19.3 Å². The van der Waals surface area contributed by atoms with Gasteiger partial charge in [-0.15, -0.1) is 0 Å². The van der Waals surface area contributed by atoms with Crippen LogP contribution in [0, 0.1) is 5.92 Å². The minimum Gasteiger partial charge on any atom is -0.315 e. The van der Waals surface area contributed by atoms with Crippen LogP contribution in [0.3, 0.4) is 0 Å². The summed E-state index contributed by atoms with van der Waals surface area (Å²) in [7, 11) is 2.15. The Hall–Kier alpha value is 0.270. The average Bonchev–Trinajstić information content (AvgIpc) is 2.80. The van der Waals surface area contributed by atoms with E-state index >= 15 is 0 Å². The SMILES string of the molecule is CN[C@H](CN1CCCC1)C1CCCCC1.S. The van der Waals surface area contributed by atoms with Gasteiger partial charge in [0.05, 0.1) is 0 Å². The van der Waals surface area contributed by atoms with Crippen molar-refractivity contribution in [2.45, 2.75) is 51.0 Å². The zero-order chi connectivity index (χ0) is 10.5. The molecule has 1 saturated carbocycles. The number of likely N-dealkylation sites (tertiary alicyclic amines) is 1. The second kappa shape index (κ2) is 7.57. The molecule has 0 amide bonds. The lowest BCUT2D eigenvalue weighted by molar-refractivity contribution is 0.212. The normalized spacial score (nSPS) is 25.3. The highest BCUT2D eigenvalue weighted by atomic mass is 32.1. The molecule has 0 aromatic rings. The van der Waals surface area contributed by atoms with E-state index in [1.807, 2.05) is 0 Å². The molecule has 1 atom stereocenters. The number of nitrogens with zero attached hydrogens (tertiary/aromatic N) is 1. The molecule has 0 bridgehead atoms. The summed E-state index contributed by atoms with van der Waals surface area (Å²) < 4.78 is 0. The molecular formula is C13H28N2S. The predicted octanol–water partition coefficient (Wildman–Crippen LogP) is 2.36. The Labute approximate surface area is 108 Å². The Morgan fingerprint density at radius 3 is 2.25 bits per heavy atom. The van der Waals surface area contributed by atoms with E-state index in [4.69, 9.17) is 0 Å². The first kappa shape index (κ1) is 14.3. The molecule has 1 aliphatic heterocycles. The Bertz CT molecular complexity index is 175. The number of likely N-dealkylation sites (N-methyl/N-ethyl adjacent to an activating group) is 1. The molecule has 2 fully saturated rings. The maximum absolute atomic E-state index is 3.56. The highest BCUT2D eigenvalue weighted by Crippen LogP contribution is 2.27. The highest BCUT2D eigenvalue weighted by molar-refractivity contribution is 7.59. The van der Waals surface area contributed by atoms with Crippen LogP contribution >= 0.6 is 13.5 Å². The topological polar surface area (TPSA) is 15.3 Å². The van der Waals surface area contributed by atoms with Crippen LogP contribution in [0.15, 0.2) is 0 Å². The van der Waals surface area contributed by atoms with Gasteiger partial charge < -0.3 is 10.2 Å². The molecule has 1 N–H and O–H groups in total. The zero-order valence-electron chi connectivity index (χ0n) is 10.7. The van der Waals surface area contributed by atoms with Gasteiger partial charge in [-0.05, 0) is 51.7 Å². The van der Waals surface area contributed by atoms with Crippen LogP contribution in [0.5, 0.6) is 0 Å². The molecule has 0 unspecified atom stereocenters. The molecule has 0 spiro atoms. The summed E-state index contributed by atoms with van der Waals surface area (Å²) in [5.74, 6) is 0.948. The molecule has 0 aromatic heterocycles. The van der Waals surface area contributed by atoms with Gasteiger partial charge in [0.15, 0.2) is 0 Å². The maximum Gasteiger partial charge on any atom is 0.0220 e. The molecule has 3 heteroatoms. The number of hydrogen-bond acceptors (Lipinski definition) is 2. The molecule has 1 aliphatic carbocycles. The fourth-order valence-corrected chi connectivity index (χ4v) is 3.26. The summed E-state index contributed by atoms with van der Waals surface area (Å²) >= 11 is 0. The van der Waals surface area contributed by atoms with Gasteiger partial charge in [-0.3, -0.25) is 0 Å². The van der Waals surface area contributed by atoms with Crippen molar-refractivity contribution < 1.29 is 0 Å². The van der Waals surface area contributed by atoms with Gasteiger partial charge in [0.2, 0.25) is 0 Å². The van der Waals surface area contributed by atoms with Crippen molar-refractivity contribution in [1.82, 2.24) is 10.2 Å². The van der Waals surface area contributed by atoms with Crippen LogP contribution in [-0.2, 0) is 0 Å². The second-order valence-corrected chi connectivity index (χ2v) is 5.30. The van der Waals surface area contributed by atoms with E-state index in [1.165, 1.54) is 64.6 Å². The molecular weight excluding hydrogens is 216 g/mol. The number of hydrogen-bond donors (Lipinski definition) is 1. The van der Waals surface area contributed by atoms with E-state index in [9.17, 15) is 0 Å². The lowest BCUT2D eigenvalue weighted by atomic mass is 9.84. The van der Waals surface area contributed by atoms with Gasteiger partial charge >= 0.3 is 0 Å². The molecule has 16 heavy (non-hydrogen) atoms. The summed E-state index contributed by atoms with van der Waals surface area (Å²) in [4.78, 5) is 2.65. The number of nitrogens with one attached hydrogen (secondary N) is 1. The Balaban J connectivity index is 0.00000128. The van der Waals surface area contributed by atoms with Gasteiger partial charge in [0.1, 0.15) is 0 Å². The second-order valence-electron chi connectivity index (χ2n) is 5.30. The minimum atomic E-state index is 0. The first-order valence-electron chi connectivity index (χ1n) is 6.80. The first-order valence-corrected chi connectivity index (χ1v) is 6.80. The van der Waals surface area contributed by atoms with Crippen LogP contribution in [0.1, 0.15) is 44.9 Å². The Kier molecular flexibility index (Phi) is 6.78. The van der Waals surface area contributed by atoms with E-state index in [-0.39, 0.29) is 13.5 Å². The summed E-state index contributed by atoms with van der Waals surface area (Å²) in [6.07, 6.45) is 10.1. The van der Waals surface area contributed by atoms with Crippen LogP contribution in [0.4, 0.5) is 0 Å². The molecule has 1 heterocycles. The third kappa shape index (κ3) is 3.94. The third-order valence-electron chi connectivity index (χ3n) is 4.24. The zero-order valence-corrected chi connectivity index (χ0v) is 11.7. The van der Waals surface area contributed by atoms with Crippen molar-refractivity contribution in [2.24, 2.45) is 5.92 Å². The van der Waals surface area contributed by atoms with Crippen LogP contribution in [-0.4, -0.2) is 37.6 Å². The fourth-order valence-electron chi connectivity index (χ4n) is 3.26. The lowest BCUT2D eigenvalue weighted by Gasteiger charge is -2.32. The van der Waals surface area contributed by atoms with Crippen molar-refractivity contribution in [3.05, 3.63) is 0 Å². The van der Waals surface area contributed by atoms with E-state index in [2.05, 4.69) is 17.3 Å². The van der Waals surface area contributed by atoms with Crippen LogP contribution < -0.4 is 5.32 Å². The van der Waals surface area contributed by atoms with E-state index in [0.717, 1.165) is 12.0 Å². The summed E-state index contributed by atoms with van der Waals surface area (Å²) in [6.45, 7) is 3.97. The Morgan fingerprint density at radius 1 is 1.06 bits per heavy atom. The molecule has 2 nitrogen and oxygen atoms in total. The van der Waals surface area contributed by atoms with Crippen LogP contribution in [0.25, 0.3) is 0 Å². The molecule has 0 aromatic carbocycles. The first-order chi connectivity index (χ1) is 7.40. The van der Waals surface area contributed by atoms with Gasteiger partial charge in [-0.2, -0.15) is 13.5 Å². The van der Waals surface area contributed by atoms with Crippen molar-refractivity contribution in [1.29, 1.82) is 0 Å². The number of rotatable bonds is 4. The highest BCUT2D eigenvalue weighted by Gasteiger charge is 2.25. The van der Waals surface area contributed by atoms with Crippen molar-refractivity contribution in [3.8, 4) is 0 Å². The predicted molar refractivity (Wildman–Crippen MR) is 75.5 cm³/mol. The van der Waals surface area contributed by atoms with E-state index in [1.54, 1.807) is 0 Å². The summed E-state index contributed by atoms with van der Waals surface area (Å²) in [5, 5.41) is 3.56. The van der Waals surface area contributed by atoms with Crippen molar-refractivity contribution >= 4 is 13.5 Å². The maximum atomic E-state index is 3.56. The average molecular weight is 244 g/mol. The van der Waals surface area contributed by atoms with E-state index in [0.29, 0.717) is 0 Å². The quantitative estimate of drug-likeness (QED) is 0.817. The summed E-state index contributed by atoms with van der Waals surface area (Å²) in [5.41, 5.74) is 0. The minimum absolute atomic E-state index is 0. The van der Waals surface area contributed by atoms with Crippen molar-refractivity contribution in [3.63, 3.8) is 0 Å². The molecule has 96 valence electrons. The molecule has 1 saturated heterocycles. The van der Waals surface area contributed by atoms with Gasteiger partial charge in [0, 0.05) is 12.6 Å². The standard InChI is InChI=1S/C13H26N2.H2S/c1-14-13(11-15-9-5-6-10-15)12-7-3-2-4-8-12;/h12-14H,2-11H2,1H3;1H2/t13-;/m1./s1. The largest absolute Gasteiger partial charge is 0.315 e. The van der Waals surface area contributed by atoms with E-state index < -0.39 is 0 Å². The third-order valence-corrected chi connectivity index (χ3v) is 4.24. The fraction of sp³-hybridized carbons (Fsp3) is 1.00. The van der Waals surface area contributed by atoms with Crippen LogP contribution in [0.2, 0.25) is 0 Å². The monoisotopic (exact) mass is 244 g/mol. The Morgan fingerprint density at radius 2 is 1.69 bits per heavy atom. The van der Waals surface area contributed by atoms with Gasteiger partial charge in [0.25, 0.3) is 0 Å².